The Hall–Kier alpha value is -5.09. The fourth-order valence-corrected chi connectivity index (χ4v) is 5.93. The smallest absolute Gasteiger partial charge is 0.223 e. The molecule has 0 unspecified atom stereocenters. The molecule has 0 fully saturated rings. The van der Waals surface area contributed by atoms with Gasteiger partial charge in [-0.15, -0.1) is 0 Å². The Labute approximate surface area is 260 Å². The lowest BCUT2D eigenvalue weighted by Crippen LogP contribution is -2.33. The maximum absolute atomic E-state index is 14.4. The third-order valence-corrected chi connectivity index (χ3v) is 8.27. The number of carbonyl (C=O) groups is 1. The Balaban J connectivity index is 1.32. The van der Waals surface area contributed by atoms with Crippen molar-refractivity contribution in [2.24, 2.45) is 7.05 Å². The molecule has 5 aromatic carbocycles. The summed E-state index contributed by atoms with van der Waals surface area (Å²) < 4.78 is 8.39. The van der Waals surface area contributed by atoms with Gasteiger partial charge >= 0.3 is 0 Å². The summed E-state index contributed by atoms with van der Waals surface area (Å²) in [5.74, 6) is 0.802. The molecule has 0 saturated carbocycles. The van der Waals surface area contributed by atoms with Crippen LogP contribution in [0.15, 0.2) is 146 Å². The van der Waals surface area contributed by atoms with Crippen LogP contribution in [0.1, 0.15) is 40.2 Å². The molecule has 0 bridgehead atoms. The topological polar surface area (TPSA) is 34.5 Å². The number of hydrogen-bond acceptors (Lipinski definition) is 2. The number of ether oxygens (including phenoxy) is 1. The summed E-state index contributed by atoms with van der Waals surface area (Å²) in [6.07, 6.45) is 3.35. The Morgan fingerprint density at radius 1 is 0.727 bits per heavy atom. The molecule has 1 aromatic heterocycles. The number of aryl methyl sites for hydroxylation is 1. The van der Waals surface area contributed by atoms with Crippen molar-refractivity contribution in [2.75, 3.05) is 6.54 Å². The minimum atomic E-state index is -0.135. The van der Waals surface area contributed by atoms with Gasteiger partial charge in [0.05, 0.1) is 0 Å². The van der Waals surface area contributed by atoms with E-state index in [1.165, 1.54) is 10.9 Å². The molecule has 220 valence electrons. The SMILES string of the molecule is Cn1cc([C@@H](CC(=O)N(CCc2ccccc2)Cc2ccccc2)c2cccc(OCc3ccccc3)c2)c2ccccc21. The third-order valence-electron chi connectivity index (χ3n) is 8.27. The summed E-state index contributed by atoms with van der Waals surface area (Å²) in [5.41, 5.74) is 6.86. The monoisotopic (exact) mass is 578 g/mol. The summed E-state index contributed by atoms with van der Waals surface area (Å²) in [6, 6.07) is 47.6. The van der Waals surface area contributed by atoms with Crippen molar-refractivity contribution in [3.63, 3.8) is 0 Å². The van der Waals surface area contributed by atoms with Crippen LogP contribution < -0.4 is 4.74 Å². The number of amides is 1. The molecule has 6 aromatic rings. The first-order valence-electron chi connectivity index (χ1n) is 15.3. The molecule has 1 amide bonds. The van der Waals surface area contributed by atoms with E-state index in [1.807, 2.05) is 59.5 Å². The van der Waals surface area contributed by atoms with Gasteiger partial charge in [-0.2, -0.15) is 0 Å². The summed E-state index contributed by atoms with van der Waals surface area (Å²) >= 11 is 0. The van der Waals surface area contributed by atoms with Gasteiger partial charge in [-0.3, -0.25) is 4.79 Å². The minimum Gasteiger partial charge on any atom is -0.489 e. The maximum Gasteiger partial charge on any atom is 0.223 e. The minimum absolute atomic E-state index is 0.135. The summed E-state index contributed by atoms with van der Waals surface area (Å²) in [7, 11) is 2.08. The van der Waals surface area contributed by atoms with Gasteiger partial charge in [0.2, 0.25) is 5.91 Å². The van der Waals surface area contributed by atoms with Crippen molar-refractivity contribution in [1.82, 2.24) is 9.47 Å². The highest BCUT2D eigenvalue weighted by Crippen LogP contribution is 2.36. The zero-order chi connectivity index (χ0) is 30.1. The van der Waals surface area contributed by atoms with Crippen LogP contribution in [0.2, 0.25) is 0 Å². The van der Waals surface area contributed by atoms with E-state index in [9.17, 15) is 4.79 Å². The van der Waals surface area contributed by atoms with Crippen molar-refractivity contribution in [3.8, 4) is 5.75 Å². The van der Waals surface area contributed by atoms with Gasteiger partial charge in [0.15, 0.2) is 0 Å². The van der Waals surface area contributed by atoms with Crippen LogP contribution in [0, 0.1) is 0 Å². The first-order chi connectivity index (χ1) is 21.6. The molecule has 0 spiro atoms. The summed E-state index contributed by atoms with van der Waals surface area (Å²) in [6.45, 7) is 1.72. The van der Waals surface area contributed by atoms with Gasteiger partial charge in [-0.1, -0.05) is 121 Å². The predicted molar refractivity (Wildman–Crippen MR) is 179 cm³/mol. The molecule has 1 atom stereocenters. The second-order valence-corrected chi connectivity index (χ2v) is 11.4. The van der Waals surface area contributed by atoms with Crippen LogP contribution in [0.4, 0.5) is 0 Å². The molecule has 6 rings (SSSR count). The number of aromatic nitrogens is 1. The number of nitrogens with zero attached hydrogens (tertiary/aromatic N) is 2. The first kappa shape index (κ1) is 29.0. The molecule has 4 heteroatoms. The average molecular weight is 579 g/mol. The van der Waals surface area contributed by atoms with E-state index in [2.05, 4.69) is 103 Å². The van der Waals surface area contributed by atoms with Crippen LogP contribution in [-0.2, 0) is 31.4 Å². The van der Waals surface area contributed by atoms with Gasteiger partial charge < -0.3 is 14.2 Å². The van der Waals surface area contributed by atoms with Crippen molar-refractivity contribution in [1.29, 1.82) is 0 Å². The second kappa shape index (κ2) is 13.9. The van der Waals surface area contributed by atoms with Gasteiger partial charge in [0, 0.05) is 49.6 Å². The van der Waals surface area contributed by atoms with Crippen LogP contribution >= 0.6 is 0 Å². The highest BCUT2D eigenvalue weighted by atomic mass is 16.5. The average Bonchev–Trinajstić information content (AvgIpc) is 3.41. The quantitative estimate of drug-likeness (QED) is 0.146. The molecule has 0 saturated heterocycles. The lowest BCUT2D eigenvalue weighted by Gasteiger charge is -2.26. The van der Waals surface area contributed by atoms with Gasteiger partial charge in [-0.25, -0.2) is 0 Å². The normalized spacial score (nSPS) is 11.8. The Morgan fingerprint density at radius 3 is 2.09 bits per heavy atom. The van der Waals surface area contributed by atoms with Crippen LogP contribution in [0.3, 0.4) is 0 Å². The molecule has 0 aliphatic rings. The number of rotatable bonds is 12. The Kier molecular flexibility index (Phi) is 9.18. The Morgan fingerprint density at radius 2 is 1.36 bits per heavy atom. The van der Waals surface area contributed by atoms with Crippen molar-refractivity contribution in [3.05, 3.63) is 174 Å². The molecular weight excluding hydrogens is 540 g/mol. The lowest BCUT2D eigenvalue weighted by molar-refractivity contribution is -0.132. The summed E-state index contributed by atoms with van der Waals surface area (Å²) in [4.78, 5) is 16.4. The number of carbonyl (C=O) groups excluding carboxylic acids is 1. The third kappa shape index (κ3) is 7.09. The van der Waals surface area contributed by atoms with E-state index < -0.39 is 0 Å². The number of hydrogen-bond donors (Lipinski definition) is 0. The summed E-state index contributed by atoms with van der Waals surface area (Å²) in [5, 5.41) is 1.17. The van der Waals surface area contributed by atoms with Crippen LogP contribution in [0.25, 0.3) is 10.9 Å². The molecule has 4 nitrogen and oxygen atoms in total. The van der Waals surface area contributed by atoms with Crippen molar-refractivity contribution < 1.29 is 9.53 Å². The van der Waals surface area contributed by atoms with E-state index in [4.69, 9.17) is 4.74 Å². The second-order valence-electron chi connectivity index (χ2n) is 11.4. The van der Waals surface area contributed by atoms with Gasteiger partial charge in [-0.05, 0) is 52.4 Å². The largest absolute Gasteiger partial charge is 0.489 e. The Bertz CT molecular complexity index is 1800. The molecule has 0 N–H and O–H groups in total. The molecule has 0 aliphatic heterocycles. The number of para-hydroxylation sites is 1. The lowest BCUT2D eigenvalue weighted by atomic mass is 9.87. The van der Waals surface area contributed by atoms with E-state index in [1.54, 1.807) is 0 Å². The fraction of sp³-hybridized carbons (Fsp3) is 0.175. The number of benzene rings is 5. The molecule has 0 radical (unpaired) electrons. The zero-order valence-corrected chi connectivity index (χ0v) is 25.2. The molecule has 0 aliphatic carbocycles. The maximum atomic E-state index is 14.4. The highest BCUT2D eigenvalue weighted by molar-refractivity contribution is 5.86. The van der Waals surface area contributed by atoms with Crippen LogP contribution in [0.5, 0.6) is 5.75 Å². The molecule has 44 heavy (non-hydrogen) atoms. The number of fused-ring (bicyclic) bond motifs is 1. The standard InChI is InChI=1S/C40H38N2O2/c1-41-29-38(36-22-11-12-23-39(36)41)37(34-20-13-21-35(26-34)44-30-33-18-9-4-10-19-33)27-40(43)42(28-32-16-7-3-8-17-32)25-24-31-14-5-2-6-15-31/h2-23,26,29,37H,24-25,27-28,30H2,1H3/t37-/m0/s1. The molecule has 1 heterocycles. The molecular formula is C40H38N2O2. The van der Waals surface area contributed by atoms with E-state index in [0.717, 1.165) is 39.9 Å². The van der Waals surface area contributed by atoms with E-state index >= 15 is 0 Å². The van der Waals surface area contributed by atoms with Crippen molar-refractivity contribution in [2.45, 2.75) is 31.9 Å². The van der Waals surface area contributed by atoms with Gasteiger partial charge in [0.1, 0.15) is 12.4 Å². The first-order valence-corrected chi connectivity index (χ1v) is 15.3. The van der Waals surface area contributed by atoms with Crippen molar-refractivity contribution >= 4 is 16.8 Å². The zero-order valence-electron chi connectivity index (χ0n) is 25.2. The van der Waals surface area contributed by atoms with Crippen LogP contribution in [-0.4, -0.2) is 21.9 Å². The van der Waals surface area contributed by atoms with Gasteiger partial charge in [0.25, 0.3) is 0 Å². The highest BCUT2D eigenvalue weighted by Gasteiger charge is 2.25. The van der Waals surface area contributed by atoms with E-state index in [-0.39, 0.29) is 11.8 Å². The fourth-order valence-electron chi connectivity index (χ4n) is 5.93. The predicted octanol–water partition coefficient (Wildman–Crippen LogP) is 8.55. The van der Waals surface area contributed by atoms with E-state index in [0.29, 0.717) is 26.1 Å².